The van der Waals surface area contributed by atoms with Gasteiger partial charge in [0.15, 0.2) is 17.3 Å². The van der Waals surface area contributed by atoms with Crippen LogP contribution in [0, 0.1) is 0 Å². The van der Waals surface area contributed by atoms with Crippen LogP contribution in [-0.2, 0) is 0 Å². The van der Waals surface area contributed by atoms with Gasteiger partial charge in [-0.2, -0.15) is 0 Å². The largest absolute Gasteiger partial charge is 0.493 e. The molecule has 0 amide bonds. The number of hydrogen-bond acceptors (Lipinski definition) is 4. The van der Waals surface area contributed by atoms with Crippen molar-refractivity contribution in [3.05, 3.63) is 33.0 Å². The first kappa shape index (κ1) is 14.4. The van der Waals surface area contributed by atoms with Gasteiger partial charge in [0.05, 0.1) is 23.7 Å². The minimum Gasteiger partial charge on any atom is -0.493 e. The molecule has 1 heterocycles. The van der Waals surface area contributed by atoms with Crippen molar-refractivity contribution in [1.29, 1.82) is 0 Å². The molecule has 0 spiro atoms. The lowest BCUT2D eigenvalue weighted by Crippen LogP contribution is -1.95. The van der Waals surface area contributed by atoms with E-state index in [1.165, 1.54) is 14.2 Å². The number of hydrogen-bond donors (Lipinski definition) is 0. The molecule has 2 rings (SSSR count). The maximum atomic E-state index is 6.13. The molecular weight excluding hydrogens is 355 g/mol. The quantitative estimate of drug-likeness (QED) is 0.765. The van der Waals surface area contributed by atoms with E-state index in [1.54, 1.807) is 18.3 Å². The highest BCUT2D eigenvalue weighted by Crippen LogP contribution is 2.38. The van der Waals surface area contributed by atoms with E-state index >= 15 is 0 Å². The van der Waals surface area contributed by atoms with Crippen LogP contribution in [0.15, 0.2) is 22.8 Å². The van der Waals surface area contributed by atoms with Crippen LogP contribution in [0.2, 0.25) is 10.2 Å². The number of aromatic nitrogens is 2. The van der Waals surface area contributed by atoms with Gasteiger partial charge in [0.2, 0.25) is 0 Å². The van der Waals surface area contributed by atoms with E-state index in [2.05, 4.69) is 25.9 Å². The fourth-order valence-corrected chi connectivity index (χ4v) is 2.14. The highest BCUT2D eigenvalue weighted by molar-refractivity contribution is 9.10. The molecule has 0 radical (unpaired) electrons. The molecule has 19 heavy (non-hydrogen) atoms. The number of rotatable bonds is 3. The first-order valence-electron chi connectivity index (χ1n) is 5.16. The average Bonchev–Trinajstić information content (AvgIpc) is 2.40. The summed E-state index contributed by atoms with van der Waals surface area (Å²) < 4.78 is 11.0. The van der Waals surface area contributed by atoms with Gasteiger partial charge in [-0.15, -0.1) is 0 Å². The first-order chi connectivity index (χ1) is 9.06. The molecule has 0 aliphatic rings. The van der Waals surface area contributed by atoms with Crippen molar-refractivity contribution < 1.29 is 9.47 Å². The normalized spacial score (nSPS) is 10.4. The van der Waals surface area contributed by atoms with Gasteiger partial charge >= 0.3 is 0 Å². The minimum absolute atomic E-state index is 0.330. The third-order valence-electron chi connectivity index (χ3n) is 2.39. The third-order valence-corrected chi connectivity index (χ3v) is 3.77. The molecule has 1 aromatic carbocycles. The van der Waals surface area contributed by atoms with E-state index in [-0.39, 0.29) is 0 Å². The zero-order valence-corrected chi connectivity index (χ0v) is 13.2. The van der Waals surface area contributed by atoms with E-state index in [9.17, 15) is 0 Å². The van der Waals surface area contributed by atoms with Gasteiger partial charge in [-0.05, 0) is 28.1 Å². The lowest BCUT2D eigenvalue weighted by Gasteiger charge is -2.11. The number of halogens is 3. The monoisotopic (exact) mass is 362 g/mol. The summed E-state index contributed by atoms with van der Waals surface area (Å²) in [5.74, 6) is 1.43. The van der Waals surface area contributed by atoms with E-state index in [1.807, 2.05) is 0 Å². The summed E-state index contributed by atoms with van der Waals surface area (Å²) >= 11 is 15.3. The first-order valence-corrected chi connectivity index (χ1v) is 6.71. The molecular formula is C12H9BrCl2N2O2. The Hall–Kier alpha value is -1.04. The molecule has 1 aromatic heterocycles. The molecule has 0 bridgehead atoms. The Balaban J connectivity index is 2.56. The molecule has 0 aliphatic carbocycles. The van der Waals surface area contributed by atoms with E-state index < -0.39 is 0 Å². The second-order valence-corrected chi connectivity index (χ2v) is 5.15. The Labute approximate surface area is 128 Å². The Kier molecular flexibility index (Phi) is 4.50. The topological polar surface area (TPSA) is 44.2 Å². The summed E-state index contributed by atoms with van der Waals surface area (Å²) in [6.45, 7) is 0. The van der Waals surface area contributed by atoms with Crippen LogP contribution < -0.4 is 9.47 Å². The van der Waals surface area contributed by atoms with Crippen molar-refractivity contribution in [3.63, 3.8) is 0 Å². The van der Waals surface area contributed by atoms with Crippen LogP contribution in [-0.4, -0.2) is 24.2 Å². The second-order valence-electron chi connectivity index (χ2n) is 3.53. The summed E-state index contributed by atoms with van der Waals surface area (Å²) in [5.41, 5.74) is 0.692. The number of nitrogens with zero attached hydrogens (tertiary/aromatic N) is 2. The summed E-state index contributed by atoms with van der Waals surface area (Å²) in [7, 11) is 3.06. The van der Waals surface area contributed by atoms with Gasteiger partial charge in [-0.3, -0.25) is 0 Å². The van der Waals surface area contributed by atoms with Crippen LogP contribution in [0.4, 0.5) is 0 Å². The summed E-state index contributed by atoms with van der Waals surface area (Å²) in [6, 6.07) is 3.44. The van der Waals surface area contributed by atoms with Crippen molar-refractivity contribution >= 4 is 39.1 Å². The lowest BCUT2D eigenvalue weighted by molar-refractivity contribution is 0.355. The van der Waals surface area contributed by atoms with Crippen molar-refractivity contribution in [1.82, 2.24) is 9.97 Å². The van der Waals surface area contributed by atoms with E-state index in [4.69, 9.17) is 32.7 Å². The SMILES string of the molecule is COc1cc(-c2ncc(Br)c(Cl)n2)cc(Cl)c1OC. The second kappa shape index (κ2) is 5.94. The van der Waals surface area contributed by atoms with E-state index in [0.29, 0.717) is 37.5 Å². The van der Waals surface area contributed by atoms with Crippen LogP contribution in [0.25, 0.3) is 11.4 Å². The van der Waals surface area contributed by atoms with Crippen LogP contribution in [0.5, 0.6) is 11.5 Å². The molecule has 100 valence electrons. The number of methoxy groups -OCH3 is 2. The number of benzene rings is 1. The minimum atomic E-state index is 0.330. The predicted octanol–water partition coefficient (Wildman–Crippen LogP) is 4.23. The van der Waals surface area contributed by atoms with Gasteiger partial charge in [0, 0.05) is 11.8 Å². The average molecular weight is 364 g/mol. The highest BCUT2D eigenvalue weighted by Gasteiger charge is 2.14. The summed E-state index contributed by atoms with van der Waals surface area (Å²) in [6.07, 6.45) is 1.58. The van der Waals surface area contributed by atoms with Crippen molar-refractivity contribution in [3.8, 4) is 22.9 Å². The molecule has 0 atom stereocenters. The van der Waals surface area contributed by atoms with Crippen molar-refractivity contribution in [2.45, 2.75) is 0 Å². The van der Waals surface area contributed by atoms with Gasteiger partial charge in [-0.25, -0.2) is 9.97 Å². The Morgan fingerprint density at radius 3 is 2.47 bits per heavy atom. The molecule has 0 saturated carbocycles. The smallest absolute Gasteiger partial charge is 0.179 e. The van der Waals surface area contributed by atoms with Crippen LogP contribution in [0.3, 0.4) is 0 Å². The molecule has 4 nitrogen and oxygen atoms in total. The van der Waals surface area contributed by atoms with Gasteiger partial charge < -0.3 is 9.47 Å². The molecule has 2 aromatic rings. The maximum Gasteiger partial charge on any atom is 0.179 e. The molecule has 0 N–H and O–H groups in total. The highest BCUT2D eigenvalue weighted by atomic mass is 79.9. The third kappa shape index (κ3) is 2.94. The Morgan fingerprint density at radius 1 is 1.16 bits per heavy atom. The lowest BCUT2D eigenvalue weighted by atomic mass is 10.2. The molecule has 0 saturated heterocycles. The van der Waals surface area contributed by atoms with E-state index in [0.717, 1.165) is 0 Å². The number of ether oxygens (including phenoxy) is 2. The van der Waals surface area contributed by atoms with Crippen molar-refractivity contribution in [2.75, 3.05) is 14.2 Å². The summed E-state index contributed by atoms with van der Waals surface area (Å²) in [5, 5.41) is 0.746. The summed E-state index contributed by atoms with van der Waals surface area (Å²) in [4.78, 5) is 8.35. The molecule has 0 fully saturated rings. The zero-order chi connectivity index (χ0) is 14.0. The fourth-order valence-electron chi connectivity index (χ4n) is 1.53. The zero-order valence-electron chi connectivity index (χ0n) is 10.1. The standard InChI is InChI=1S/C12H9BrCl2N2O2/c1-18-9-4-6(3-8(14)10(9)19-2)12-16-5-7(13)11(15)17-12/h3-5H,1-2H3. The van der Waals surface area contributed by atoms with Crippen LogP contribution >= 0.6 is 39.1 Å². The van der Waals surface area contributed by atoms with Gasteiger partial charge in [0.25, 0.3) is 0 Å². The molecule has 7 heteroatoms. The van der Waals surface area contributed by atoms with Crippen LogP contribution in [0.1, 0.15) is 0 Å². The molecule has 0 aliphatic heterocycles. The van der Waals surface area contributed by atoms with Gasteiger partial charge in [-0.1, -0.05) is 23.2 Å². The van der Waals surface area contributed by atoms with Gasteiger partial charge in [0.1, 0.15) is 5.15 Å². The Morgan fingerprint density at radius 2 is 1.89 bits per heavy atom. The predicted molar refractivity (Wildman–Crippen MR) is 78.3 cm³/mol. The fraction of sp³-hybridized carbons (Fsp3) is 0.167. The Bertz CT molecular complexity index is 623. The molecule has 0 unspecified atom stereocenters. The maximum absolute atomic E-state index is 6.13. The van der Waals surface area contributed by atoms with Crippen molar-refractivity contribution in [2.24, 2.45) is 0 Å².